The number of alkyl halides is 3. The first-order valence-corrected chi connectivity index (χ1v) is 8.60. The first-order chi connectivity index (χ1) is 13.4. The standard InChI is InChI=1S/C20H17F3N2O3/c1-27-14-7-6-12-8-13(10-28-17(12)9-14)18-24-16-5-3-2-4-15(16)19(26)25(18)11-20(21,22)23/h2-9,18,24H,10-11H2,1H3/t18-/m1/s1. The van der Waals surface area contributed by atoms with Crippen molar-refractivity contribution in [3.05, 3.63) is 59.2 Å². The van der Waals surface area contributed by atoms with Gasteiger partial charge in [0.1, 0.15) is 30.8 Å². The summed E-state index contributed by atoms with van der Waals surface area (Å²) >= 11 is 0. The van der Waals surface area contributed by atoms with Crippen LogP contribution in [-0.2, 0) is 0 Å². The van der Waals surface area contributed by atoms with Crippen molar-refractivity contribution in [1.29, 1.82) is 0 Å². The molecule has 0 saturated carbocycles. The summed E-state index contributed by atoms with van der Waals surface area (Å²) < 4.78 is 50.4. The predicted molar refractivity (Wildman–Crippen MR) is 97.4 cm³/mol. The Kier molecular flexibility index (Phi) is 4.41. The van der Waals surface area contributed by atoms with Crippen LogP contribution in [0.15, 0.2) is 48.0 Å². The normalized spacial score (nSPS) is 18.4. The summed E-state index contributed by atoms with van der Waals surface area (Å²) in [7, 11) is 1.54. The molecule has 5 nitrogen and oxygen atoms in total. The van der Waals surface area contributed by atoms with E-state index in [1.54, 1.807) is 42.5 Å². The number of rotatable bonds is 3. The first-order valence-electron chi connectivity index (χ1n) is 8.60. The van der Waals surface area contributed by atoms with Crippen LogP contribution in [-0.4, -0.2) is 43.4 Å². The van der Waals surface area contributed by atoms with Crippen molar-refractivity contribution in [3.63, 3.8) is 0 Å². The van der Waals surface area contributed by atoms with E-state index in [-0.39, 0.29) is 12.2 Å². The zero-order valence-corrected chi connectivity index (χ0v) is 14.9. The average molecular weight is 390 g/mol. The predicted octanol–water partition coefficient (Wildman–Crippen LogP) is 3.93. The van der Waals surface area contributed by atoms with Crippen molar-refractivity contribution in [2.24, 2.45) is 0 Å². The van der Waals surface area contributed by atoms with Crippen molar-refractivity contribution in [2.45, 2.75) is 12.3 Å². The molecule has 2 aliphatic rings. The molecule has 2 aliphatic heterocycles. The third-order valence-electron chi connectivity index (χ3n) is 4.68. The number of para-hydroxylation sites is 1. The van der Waals surface area contributed by atoms with Gasteiger partial charge in [-0.1, -0.05) is 12.1 Å². The number of benzene rings is 2. The highest BCUT2D eigenvalue weighted by Crippen LogP contribution is 2.35. The van der Waals surface area contributed by atoms with Gasteiger partial charge < -0.3 is 19.7 Å². The maximum absolute atomic E-state index is 13.2. The second-order valence-electron chi connectivity index (χ2n) is 6.55. The van der Waals surface area contributed by atoms with E-state index in [0.29, 0.717) is 28.3 Å². The molecule has 0 radical (unpaired) electrons. The van der Waals surface area contributed by atoms with E-state index >= 15 is 0 Å². The van der Waals surface area contributed by atoms with Crippen LogP contribution in [0.1, 0.15) is 15.9 Å². The average Bonchev–Trinajstić information content (AvgIpc) is 2.68. The molecule has 28 heavy (non-hydrogen) atoms. The SMILES string of the molecule is COc1ccc2c(c1)OCC([C@@H]1Nc3ccccc3C(=O)N1CC(F)(F)F)=C2. The number of fused-ring (bicyclic) bond motifs is 2. The monoisotopic (exact) mass is 390 g/mol. The molecular formula is C20H17F3N2O3. The van der Waals surface area contributed by atoms with E-state index in [0.717, 1.165) is 4.90 Å². The summed E-state index contributed by atoms with van der Waals surface area (Å²) in [5, 5.41) is 3.06. The second kappa shape index (κ2) is 6.78. The molecule has 1 atom stereocenters. The number of methoxy groups -OCH3 is 1. The molecule has 0 unspecified atom stereocenters. The Bertz CT molecular complexity index is 956. The molecule has 0 saturated heterocycles. The fourth-order valence-electron chi connectivity index (χ4n) is 3.39. The summed E-state index contributed by atoms with van der Waals surface area (Å²) in [4.78, 5) is 13.6. The fraction of sp³-hybridized carbons (Fsp3) is 0.250. The molecule has 0 fully saturated rings. The molecular weight excluding hydrogens is 373 g/mol. The molecule has 8 heteroatoms. The molecule has 2 heterocycles. The lowest BCUT2D eigenvalue weighted by Crippen LogP contribution is -2.53. The maximum Gasteiger partial charge on any atom is 0.406 e. The van der Waals surface area contributed by atoms with Gasteiger partial charge in [0.15, 0.2) is 0 Å². The third-order valence-corrected chi connectivity index (χ3v) is 4.68. The summed E-state index contributed by atoms with van der Waals surface area (Å²) in [6.45, 7) is -1.30. The third kappa shape index (κ3) is 3.37. The van der Waals surface area contributed by atoms with Gasteiger partial charge in [0.05, 0.1) is 12.7 Å². The summed E-state index contributed by atoms with van der Waals surface area (Å²) in [5.41, 5.74) is 1.95. The van der Waals surface area contributed by atoms with E-state index in [9.17, 15) is 18.0 Å². The van der Waals surface area contributed by atoms with Crippen LogP contribution in [0, 0.1) is 0 Å². The fourth-order valence-corrected chi connectivity index (χ4v) is 3.39. The molecule has 146 valence electrons. The Morgan fingerprint density at radius 3 is 2.79 bits per heavy atom. The molecule has 1 amide bonds. The lowest BCUT2D eigenvalue weighted by atomic mass is 10.00. The molecule has 1 N–H and O–H groups in total. The highest BCUT2D eigenvalue weighted by atomic mass is 19.4. The highest BCUT2D eigenvalue weighted by Gasteiger charge is 2.41. The molecule has 0 aromatic heterocycles. The number of nitrogens with zero attached hydrogens (tertiary/aromatic N) is 1. The van der Waals surface area contributed by atoms with Crippen molar-refractivity contribution >= 4 is 17.7 Å². The number of amides is 1. The second-order valence-corrected chi connectivity index (χ2v) is 6.55. The number of carbonyl (C=O) groups excluding carboxylic acids is 1. The van der Waals surface area contributed by atoms with Crippen LogP contribution >= 0.6 is 0 Å². The largest absolute Gasteiger partial charge is 0.497 e. The molecule has 0 aliphatic carbocycles. The lowest BCUT2D eigenvalue weighted by molar-refractivity contribution is -0.143. The van der Waals surface area contributed by atoms with Gasteiger partial charge in [-0.15, -0.1) is 0 Å². The van der Waals surface area contributed by atoms with E-state index in [2.05, 4.69) is 5.32 Å². The number of ether oxygens (including phenoxy) is 2. The number of anilines is 1. The number of carbonyl (C=O) groups is 1. The minimum Gasteiger partial charge on any atom is -0.497 e. The van der Waals surface area contributed by atoms with Gasteiger partial charge in [0, 0.05) is 22.9 Å². The Morgan fingerprint density at radius 2 is 2.04 bits per heavy atom. The minimum atomic E-state index is -4.52. The number of halogens is 3. The van der Waals surface area contributed by atoms with E-state index in [1.807, 2.05) is 0 Å². The Labute approximate surface area is 159 Å². The van der Waals surface area contributed by atoms with E-state index in [1.165, 1.54) is 13.2 Å². The van der Waals surface area contributed by atoms with Crippen LogP contribution < -0.4 is 14.8 Å². The van der Waals surface area contributed by atoms with Gasteiger partial charge in [-0.25, -0.2) is 0 Å². The van der Waals surface area contributed by atoms with Crippen LogP contribution in [0.4, 0.5) is 18.9 Å². The van der Waals surface area contributed by atoms with Crippen molar-refractivity contribution in [2.75, 3.05) is 25.6 Å². The van der Waals surface area contributed by atoms with Gasteiger partial charge in [-0.3, -0.25) is 4.79 Å². The topological polar surface area (TPSA) is 50.8 Å². The Balaban J connectivity index is 1.73. The van der Waals surface area contributed by atoms with Crippen molar-refractivity contribution < 1.29 is 27.4 Å². The smallest absolute Gasteiger partial charge is 0.406 e. The zero-order chi connectivity index (χ0) is 19.9. The van der Waals surface area contributed by atoms with Gasteiger partial charge in [0.25, 0.3) is 5.91 Å². The minimum absolute atomic E-state index is 0.0572. The molecule has 4 rings (SSSR count). The zero-order valence-electron chi connectivity index (χ0n) is 14.9. The number of hydrogen-bond donors (Lipinski definition) is 1. The van der Waals surface area contributed by atoms with Crippen molar-refractivity contribution in [1.82, 2.24) is 4.90 Å². The molecule has 0 bridgehead atoms. The first kappa shape index (κ1) is 18.2. The summed E-state index contributed by atoms with van der Waals surface area (Å²) in [5.74, 6) is 0.528. The van der Waals surface area contributed by atoms with E-state index < -0.39 is 24.8 Å². The van der Waals surface area contributed by atoms with Gasteiger partial charge in [0.2, 0.25) is 0 Å². The van der Waals surface area contributed by atoms with Gasteiger partial charge in [-0.05, 0) is 30.3 Å². The van der Waals surface area contributed by atoms with Crippen LogP contribution in [0.3, 0.4) is 0 Å². The van der Waals surface area contributed by atoms with Crippen molar-refractivity contribution in [3.8, 4) is 11.5 Å². The van der Waals surface area contributed by atoms with Crippen LogP contribution in [0.2, 0.25) is 0 Å². The Morgan fingerprint density at radius 1 is 1.25 bits per heavy atom. The summed E-state index contributed by atoms with van der Waals surface area (Å²) in [6.07, 6.45) is -3.73. The summed E-state index contributed by atoms with van der Waals surface area (Å²) in [6, 6.07) is 11.8. The quantitative estimate of drug-likeness (QED) is 0.863. The van der Waals surface area contributed by atoms with Crippen LogP contribution in [0.25, 0.3) is 6.08 Å². The van der Waals surface area contributed by atoms with Gasteiger partial charge in [-0.2, -0.15) is 13.2 Å². The lowest BCUT2D eigenvalue weighted by Gasteiger charge is -2.40. The molecule has 0 spiro atoms. The highest BCUT2D eigenvalue weighted by molar-refractivity contribution is 6.02. The number of hydrogen-bond acceptors (Lipinski definition) is 4. The van der Waals surface area contributed by atoms with Crippen LogP contribution in [0.5, 0.6) is 11.5 Å². The maximum atomic E-state index is 13.2. The molecule has 2 aromatic rings. The van der Waals surface area contributed by atoms with Gasteiger partial charge >= 0.3 is 6.18 Å². The Hall–Kier alpha value is -3.16. The van der Waals surface area contributed by atoms with E-state index in [4.69, 9.17) is 9.47 Å². The number of nitrogens with one attached hydrogen (secondary N) is 1. The molecule has 2 aromatic carbocycles.